The Morgan fingerprint density at radius 1 is 1.00 bits per heavy atom. The molecule has 1 amide bonds. The van der Waals surface area contributed by atoms with E-state index in [1.165, 1.54) is 0 Å². The summed E-state index contributed by atoms with van der Waals surface area (Å²) in [5.74, 6) is 1.92. The number of anilines is 1. The number of carbonyl (C=O) groups is 1. The van der Waals surface area contributed by atoms with Crippen LogP contribution < -0.4 is 19.5 Å². The number of carbonyl (C=O) groups excluding carboxylic acids is 1. The van der Waals surface area contributed by atoms with Crippen molar-refractivity contribution in [2.24, 2.45) is 0 Å². The second kappa shape index (κ2) is 9.10. The molecule has 2 aromatic carbocycles. The van der Waals surface area contributed by atoms with Gasteiger partial charge in [0.25, 0.3) is 0 Å². The van der Waals surface area contributed by atoms with Crippen molar-refractivity contribution in [1.29, 1.82) is 0 Å². The highest BCUT2D eigenvalue weighted by Gasteiger charge is 2.13. The van der Waals surface area contributed by atoms with E-state index >= 15 is 0 Å². The van der Waals surface area contributed by atoms with Gasteiger partial charge in [0, 0.05) is 18.2 Å². The molecule has 0 aliphatic rings. The number of nitrogens with one attached hydrogen (secondary N) is 1. The molecule has 0 radical (unpaired) electrons. The van der Waals surface area contributed by atoms with Crippen molar-refractivity contribution in [1.82, 2.24) is 4.90 Å². The molecule has 6 heteroatoms. The predicted molar refractivity (Wildman–Crippen MR) is 102 cm³/mol. The number of hydrogen-bond acceptors (Lipinski definition) is 5. The van der Waals surface area contributed by atoms with Gasteiger partial charge in [-0.15, -0.1) is 0 Å². The van der Waals surface area contributed by atoms with Crippen LogP contribution in [0.3, 0.4) is 0 Å². The van der Waals surface area contributed by atoms with Gasteiger partial charge >= 0.3 is 0 Å². The van der Waals surface area contributed by atoms with Crippen LogP contribution in [0.1, 0.15) is 11.1 Å². The molecular formula is C20H26N2O4. The first kappa shape index (κ1) is 19.6. The molecule has 0 fully saturated rings. The molecule has 26 heavy (non-hydrogen) atoms. The Labute approximate surface area is 154 Å². The molecule has 0 atom stereocenters. The first-order chi connectivity index (χ1) is 12.5. The number of likely N-dealkylation sites (N-methyl/N-ethyl adjacent to an activating group) is 1. The van der Waals surface area contributed by atoms with Gasteiger partial charge in [0.15, 0.2) is 0 Å². The standard InChI is InChI=1S/C20H26N2O4/c1-14-6-9-18(25-4)15(10-14)12-22(2)13-20(23)21-17-8-7-16(24-3)11-19(17)26-5/h6-11H,12-13H2,1-5H3,(H,21,23). The second-order valence-electron chi connectivity index (χ2n) is 6.10. The van der Waals surface area contributed by atoms with Gasteiger partial charge in [-0.25, -0.2) is 0 Å². The molecule has 0 unspecified atom stereocenters. The molecule has 1 N–H and O–H groups in total. The fourth-order valence-corrected chi connectivity index (χ4v) is 2.71. The van der Waals surface area contributed by atoms with Gasteiger partial charge in [-0.1, -0.05) is 17.7 Å². The third-order valence-electron chi connectivity index (χ3n) is 3.97. The van der Waals surface area contributed by atoms with E-state index in [0.29, 0.717) is 23.7 Å². The third-order valence-corrected chi connectivity index (χ3v) is 3.97. The van der Waals surface area contributed by atoms with Crippen LogP contribution >= 0.6 is 0 Å². The van der Waals surface area contributed by atoms with Crippen molar-refractivity contribution < 1.29 is 19.0 Å². The summed E-state index contributed by atoms with van der Waals surface area (Å²) >= 11 is 0. The maximum atomic E-state index is 12.4. The maximum absolute atomic E-state index is 12.4. The van der Waals surface area contributed by atoms with E-state index in [0.717, 1.165) is 16.9 Å². The van der Waals surface area contributed by atoms with Crippen molar-refractivity contribution in [2.45, 2.75) is 13.5 Å². The minimum Gasteiger partial charge on any atom is -0.497 e. The van der Waals surface area contributed by atoms with Gasteiger partial charge in [-0.3, -0.25) is 9.69 Å². The maximum Gasteiger partial charge on any atom is 0.238 e. The summed E-state index contributed by atoms with van der Waals surface area (Å²) < 4.78 is 15.9. The largest absolute Gasteiger partial charge is 0.497 e. The Morgan fingerprint density at radius 2 is 1.73 bits per heavy atom. The number of hydrogen-bond donors (Lipinski definition) is 1. The number of methoxy groups -OCH3 is 3. The lowest BCUT2D eigenvalue weighted by atomic mass is 10.1. The van der Waals surface area contributed by atoms with Crippen LogP contribution in [0, 0.1) is 6.92 Å². The van der Waals surface area contributed by atoms with Crippen LogP contribution in [-0.2, 0) is 11.3 Å². The van der Waals surface area contributed by atoms with Crippen molar-refractivity contribution in [2.75, 3.05) is 40.2 Å². The molecule has 0 aliphatic carbocycles. The number of aryl methyl sites for hydroxylation is 1. The van der Waals surface area contributed by atoms with Crippen LogP contribution in [0.5, 0.6) is 17.2 Å². The van der Waals surface area contributed by atoms with E-state index in [4.69, 9.17) is 14.2 Å². The van der Waals surface area contributed by atoms with Crippen molar-refractivity contribution in [3.63, 3.8) is 0 Å². The molecule has 140 valence electrons. The van der Waals surface area contributed by atoms with Gasteiger partial charge in [0.05, 0.1) is 33.6 Å². The van der Waals surface area contributed by atoms with Crippen LogP contribution in [0.25, 0.3) is 0 Å². The first-order valence-electron chi connectivity index (χ1n) is 8.30. The monoisotopic (exact) mass is 358 g/mol. The van der Waals surface area contributed by atoms with Gasteiger partial charge in [0.1, 0.15) is 17.2 Å². The third kappa shape index (κ3) is 5.13. The molecule has 2 rings (SSSR count). The quantitative estimate of drug-likeness (QED) is 0.786. The minimum absolute atomic E-state index is 0.123. The number of nitrogens with zero attached hydrogens (tertiary/aromatic N) is 1. The summed E-state index contributed by atoms with van der Waals surface area (Å²) in [7, 11) is 6.69. The summed E-state index contributed by atoms with van der Waals surface area (Å²) in [6.45, 7) is 2.88. The zero-order valence-corrected chi connectivity index (χ0v) is 16.0. The average Bonchev–Trinajstić information content (AvgIpc) is 2.62. The highest BCUT2D eigenvalue weighted by atomic mass is 16.5. The highest BCUT2D eigenvalue weighted by Crippen LogP contribution is 2.29. The number of ether oxygens (including phenoxy) is 3. The normalized spacial score (nSPS) is 10.5. The zero-order valence-electron chi connectivity index (χ0n) is 16.0. The Balaban J connectivity index is 2.01. The fraction of sp³-hybridized carbons (Fsp3) is 0.350. The highest BCUT2D eigenvalue weighted by molar-refractivity contribution is 5.93. The second-order valence-corrected chi connectivity index (χ2v) is 6.10. The van der Waals surface area contributed by atoms with E-state index in [-0.39, 0.29) is 12.5 Å². The van der Waals surface area contributed by atoms with Gasteiger partial charge < -0.3 is 19.5 Å². The lowest BCUT2D eigenvalue weighted by Crippen LogP contribution is -2.30. The Morgan fingerprint density at radius 3 is 2.38 bits per heavy atom. The molecule has 0 aromatic heterocycles. The Kier molecular flexibility index (Phi) is 6.86. The lowest BCUT2D eigenvalue weighted by molar-refractivity contribution is -0.117. The Hall–Kier alpha value is -2.73. The summed E-state index contributed by atoms with van der Waals surface area (Å²) in [4.78, 5) is 14.3. The predicted octanol–water partition coefficient (Wildman–Crippen LogP) is 3.09. The SMILES string of the molecule is COc1ccc(NC(=O)CN(C)Cc2cc(C)ccc2OC)c(OC)c1. The lowest BCUT2D eigenvalue weighted by Gasteiger charge is -2.19. The molecule has 0 saturated carbocycles. The number of amides is 1. The van der Waals surface area contributed by atoms with E-state index in [9.17, 15) is 4.79 Å². The van der Waals surface area contributed by atoms with Crippen LogP contribution in [0.2, 0.25) is 0 Å². The summed E-state index contributed by atoms with van der Waals surface area (Å²) in [6, 6.07) is 11.3. The fourth-order valence-electron chi connectivity index (χ4n) is 2.71. The van der Waals surface area contributed by atoms with Gasteiger partial charge in [0.2, 0.25) is 5.91 Å². The molecule has 2 aromatic rings. The molecule has 0 bridgehead atoms. The molecule has 0 aliphatic heterocycles. The van der Waals surface area contributed by atoms with Crippen LogP contribution in [-0.4, -0.2) is 45.7 Å². The summed E-state index contributed by atoms with van der Waals surface area (Å²) in [5, 5.41) is 2.88. The summed E-state index contributed by atoms with van der Waals surface area (Å²) in [6.07, 6.45) is 0. The minimum atomic E-state index is -0.123. The number of rotatable bonds is 8. The van der Waals surface area contributed by atoms with Crippen LogP contribution in [0.4, 0.5) is 5.69 Å². The molecule has 0 saturated heterocycles. The molecular weight excluding hydrogens is 332 g/mol. The molecule has 0 spiro atoms. The number of benzene rings is 2. The van der Waals surface area contributed by atoms with E-state index in [1.807, 2.05) is 31.0 Å². The zero-order chi connectivity index (χ0) is 19.1. The van der Waals surface area contributed by atoms with E-state index in [1.54, 1.807) is 39.5 Å². The molecule has 6 nitrogen and oxygen atoms in total. The topological polar surface area (TPSA) is 60.0 Å². The van der Waals surface area contributed by atoms with Crippen molar-refractivity contribution in [3.8, 4) is 17.2 Å². The van der Waals surface area contributed by atoms with Gasteiger partial charge in [-0.05, 0) is 32.2 Å². The molecule has 0 heterocycles. The first-order valence-corrected chi connectivity index (χ1v) is 8.30. The van der Waals surface area contributed by atoms with Crippen LogP contribution in [0.15, 0.2) is 36.4 Å². The van der Waals surface area contributed by atoms with Crippen molar-refractivity contribution in [3.05, 3.63) is 47.5 Å². The van der Waals surface area contributed by atoms with E-state index < -0.39 is 0 Å². The van der Waals surface area contributed by atoms with Crippen molar-refractivity contribution >= 4 is 11.6 Å². The average molecular weight is 358 g/mol. The Bertz CT molecular complexity index is 761. The summed E-state index contributed by atoms with van der Waals surface area (Å²) in [5.41, 5.74) is 2.81. The van der Waals surface area contributed by atoms with E-state index in [2.05, 4.69) is 11.4 Å². The smallest absolute Gasteiger partial charge is 0.238 e. The van der Waals surface area contributed by atoms with Gasteiger partial charge in [-0.2, -0.15) is 0 Å².